The van der Waals surface area contributed by atoms with Crippen LogP contribution < -0.4 is 0 Å². The van der Waals surface area contributed by atoms with Crippen LogP contribution in [0.25, 0.3) is 0 Å². The minimum absolute atomic E-state index is 0.829. The third-order valence-electron chi connectivity index (χ3n) is 2.99. The second-order valence-electron chi connectivity index (χ2n) is 4.42. The molecule has 0 saturated carbocycles. The van der Waals surface area contributed by atoms with Crippen molar-refractivity contribution < 1.29 is 0 Å². The first-order valence-electron chi connectivity index (χ1n) is 5.54. The molecule has 1 saturated heterocycles. The first-order valence-corrected chi connectivity index (χ1v) is 6.66. The number of hydrogen-bond donors (Lipinski definition) is 0. The van der Waals surface area contributed by atoms with Gasteiger partial charge in [-0.3, -0.25) is 9.58 Å². The maximum atomic E-state index is 4.20. The van der Waals surface area contributed by atoms with Crippen LogP contribution in [0.1, 0.15) is 18.4 Å². The van der Waals surface area contributed by atoms with E-state index in [1.54, 1.807) is 0 Å². The standard InChI is InChI=1S/C11H18BrN3/c1-14-7-11(6-13-14)9-15-4-2-3-10(5-12)8-15/h6-7,10H,2-5,8-9H2,1H3. The molecule has 84 valence electrons. The predicted molar refractivity (Wildman–Crippen MR) is 65.0 cm³/mol. The zero-order valence-electron chi connectivity index (χ0n) is 9.19. The number of likely N-dealkylation sites (tertiary alicyclic amines) is 1. The van der Waals surface area contributed by atoms with Crippen LogP contribution >= 0.6 is 15.9 Å². The van der Waals surface area contributed by atoms with Gasteiger partial charge >= 0.3 is 0 Å². The molecule has 1 aliphatic heterocycles. The molecular weight excluding hydrogens is 254 g/mol. The van der Waals surface area contributed by atoms with Gasteiger partial charge in [0.15, 0.2) is 0 Å². The number of hydrogen-bond acceptors (Lipinski definition) is 2. The molecule has 4 heteroatoms. The smallest absolute Gasteiger partial charge is 0.0534 e. The van der Waals surface area contributed by atoms with Crippen LogP contribution in [0.4, 0.5) is 0 Å². The highest BCUT2D eigenvalue weighted by Gasteiger charge is 2.18. The first kappa shape index (κ1) is 11.1. The van der Waals surface area contributed by atoms with E-state index < -0.39 is 0 Å². The van der Waals surface area contributed by atoms with E-state index in [-0.39, 0.29) is 0 Å². The third-order valence-corrected chi connectivity index (χ3v) is 3.90. The van der Waals surface area contributed by atoms with Crippen molar-refractivity contribution in [3.8, 4) is 0 Å². The van der Waals surface area contributed by atoms with Crippen LogP contribution in [0.3, 0.4) is 0 Å². The summed E-state index contributed by atoms with van der Waals surface area (Å²) in [5, 5.41) is 5.34. The molecule has 1 aliphatic rings. The van der Waals surface area contributed by atoms with Gasteiger partial charge in [0.05, 0.1) is 6.20 Å². The lowest BCUT2D eigenvalue weighted by Crippen LogP contribution is -2.35. The summed E-state index contributed by atoms with van der Waals surface area (Å²) >= 11 is 3.58. The van der Waals surface area contributed by atoms with Crippen molar-refractivity contribution in [1.82, 2.24) is 14.7 Å². The molecule has 15 heavy (non-hydrogen) atoms. The van der Waals surface area contributed by atoms with Crippen molar-refractivity contribution in [3.05, 3.63) is 18.0 Å². The molecule has 2 heterocycles. The Bertz CT molecular complexity index is 311. The van der Waals surface area contributed by atoms with E-state index in [1.807, 2.05) is 17.9 Å². The molecule has 0 radical (unpaired) electrons. The van der Waals surface area contributed by atoms with Crippen molar-refractivity contribution in [2.45, 2.75) is 19.4 Å². The SMILES string of the molecule is Cn1cc(CN2CCCC(CBr)C2)cn1. The molecule has 2 rings (SSSR count). The molecule has 1 atom stereocenters. The van der Waals surface area contributed by atoms with Gasteiger partial charge in [-0.05, 0) is 25.3 Å². The molecule has 1 fully saturated rings. The highest BCUT2D eigenvalue weighted by Crippen LogP contribution is 2.19. The second-order valence-corrected chi connectivity index (χ2v) is 5.07. The van der Waals surface area contributed by atoms with E-state index in [1.165, 1.54) is 31.5 Å². The predicted octanol–water partition coefficient (Wildman–Crippen LogP) is 2.03. The quantitative estimate of drug-likeness (QED) is 0.785. The molecule has 1 aromatic heterocycles. The van der Waals surface area contributed by atoms with Gasteiger partial charge in [-0.1, -0.05) is 15.9 Å². The van der Waals surface area contributed by atoms with Crippen LogP contribution in [0.15, 0.2) is 12.4 Å². The zero-order valence-corrected chi connectivity index (χ0v) is 10.8. The van der Waals surface area contributed by atoms with Crippen LogP contribution in [0.2, 0.25) is 0 Å². The number of nitrogens with zero attached hydrogens (tertiary/aromatic N) is 3. The summed E-state index contributed by atoms with van der Waals surface area (Å²) < 4.78 is 1.88. The minimum atomic E-state index is 0.829. The normalized spacial score (nSPS) is 23.2. The lowest BCUT2D eigenvalue weighted by atomic mass is 10.00. The topological polar surface area (TPSA) is 21.1 Å². The Morgan fingerprint density at radius 1 is 1.60 bits per heavy atom. The maximum Gasteiger partial charge on any atom is 0.0534 e. The molecule has 0 aromatic carbocycles. The summed E-state index contributed by atoms with van der Waals surface area (Å²) in [6.45, 7) is 3.51. The summed E-state index contributed by atoms with van der Waals surface area (Å²) in [5.41, 5.74) is 1.33. The van der Waals surface area contributed by atoms with Gasteiger partial charge in [-0.25, -0.2) is 0 Å². The van der Waals surface area contributed by atoms with E-state index in [0.29, 0.717) is 0 Å². The molecule has 0 bridgehead atoms. The Balaban J connectivity index is 1.88. The van der Waals surface area contributed by atoms with E-state index >= 15 is 0 Å². The number of alkyl halides is 1. The van der Waals surface area contributed by atoms with Crippen molar-refractivity contribution >= 4 is 15.9 Å². The highest BCUT2D eigenvalue weighted by atomic mass is 79.9. The van der Waals surface area contributed by atoms with Crippen LogP contribution in [0.5, 0.6) is 0 Å². The van der Waals surface area contributed by atoms with Gasteiger partial charge in [-0.2, -0.15) is 5.10 Å². The highest BCUT2D eigenvalue weighted by molar-refractivity contribution is 9.09. The number of aromatic nitrogens is 2. The molecule has 0 amide bonds. The molecule has 0 N–H and O–H groups in total. The number of halogens is 1. The zero-order chi connectivity index (χ0) is 10.7. The maximum absolute atomic E-state index is 4.20. The van der Waals surface area contributed by atoms with E-state index in [9.17, 15) is 0 Å². The Kier molecular flexibility index (Phi) is 3.81. The Labute approximate surface area is 99.6 Å². The van der Waals surface area contributed by atoms with Gasteiger partial charge in [0.1, 0.15) is 0 Å². The number of piperidine rings is 1. The summed E-state index contributed by atoms with van der Waals surface area (Å²) in [7, 11) is 1.97. The first-order chi connectivity index (χ1) is 7.28. The molecule has 1 unspecified atom stereocenters. The summed E-state index contributed by atoms with van der Waals surface area (Å²) in [6.07, 6.45) is 6.78. The molecule has 1 aromatic rings. The lowest BCUT2D eigenvalue weighted by molar-refractivity contribution is 0.179. The van der Waals surface area contributed by atoms with Crippen LogP contribution in [0, 0.1) is 5.92 Å². The van der Waals surface area contributed by atoms with Crippen LogP contribution in [-0.4, -0.2) is 33.1 Å². The Morgan fingerprint density at radius 2 is 2.47 bits per heavy atom. The van der Waals surface area contributed by atoms with E-state index in [2.05, 4.69) is 32.1 Å². The molecular formula is C11H18BrN3. The second kappa shape index (κ2) is 5.12. The van der Waals surface area contributed by atoms with Gasteiger partial charge in [0.25, 0.3) is 0 Å². The van der Waals surface area contributed by atoms with Crippen molar-refractivity contribution in [1.29, 1.82) is 0 Å². The fourth-order valence-corrected chi connectivity index (χ4v) is 2.76. The van der Waals surface area contributed by atoms with Gasteiger partial charge in [0, 0.05) is 37.2 Å². The van der Waals surface area contributed by atoms with Crippen molar-refractivity contribution in [2.24, 2.45) is 13.0 Å². The van der Waals surface area contributed by atoms with Gasteiger partial charge < -0.3 is 0 Å². The van der Waals surface area contributed by atoms with E-state index in [4.69, 9.17) is 0 Å². The fourth-order valence-electron chi connectivity index (χ4n) is 2.23. The van der Waals surface area contributed by atoms with Crippen molar-refractivity contribution in [3.63, 3.8) is 0 Å². The van der Waals surface area contributed by atoms with E-state index in [0.717, 1.165) is 17.8 Å². The minimum Gasteiger partial charge on any atom is -0.299 e. The van der Waals surface area contributed by atoms with Crippen LogP contribution in [-0.2, 0) is 13.6 Å². The number of rotatable bonds is 3. The molecule has 0 aliphatic carbocycles. The Morgan fingerprint density at radius 3 is 3.13 bits per heavy atom. The summed E-state index contributed by atoms with van der Waals surface area (Å²) in [4.78, 5) is 2.53. The largest absolute Gasteiger partial charge is 0.299 e. The number of aryl methyl sites for hydroxylation is 1. The molecule has 3 nitrogen and oxygen atoms in total. The fraction of sp³-hybridized carbons (Fsp3) is 0.727. The van der Waals surface area contributed by atoms with Gasteiger partial charge in [-0.15, -0.1) is 0 Å². The third kappa shape index (κ3) is 3.05. The average Bonchev–Trinajstić information content (AvgIpc) is 2.64. The molecule has 0 spiro atoms. The summed E-state index contributed by atoms with van der Waals surface area (Å²) in [6, 6.07) is 0. The monoisotopic (exact) mass is 271 g/mol. The summed E-state index contributed by atoms with van der Waals surface area (Å²) in [5.74, 6) is 0.829. The van der Waals surface area contributed by atoms with Crippen molar-refractivity contribution in [2.75, 3.05) is 18.4 Å². The Hall–Kier alpha value is -0.350. The average molecular weight is 272 g/mol. The lowest BCUT2D eigenvalue weighted by Gasteiger charge is -2.31. The van der Waals surface area contributed by atoms with Gasteiger partial charge in [0.2, 0.25) is 0 Å².